The largest absolute Gasteiger partial charge is 0.0654 e. The molecule has 0 bridgehead atoms. The summed E-state index contributed by atoms with van der Waals surface area (Å²) < 4.78 is 0. The molecule has 0 atom stereocenters. The number of benzene rings is 1. The van der Waals surface area contributed by atoms with E-state index in [2.05, 4.69) is 38.1 Å². The predicted octanol–water partition coefficient (Wildman–Crippen LogP) is 4.37. The SMILES string of the molecule is CCCCCc1cccc(CCC)c1. The fourth-order valence-electron chi connectivity index (χ4n) is 1.81. The monoisotopic (exact) mass is 190 g/mol. The Morgan fingerprint density at radius 2 is 1.57 bits per heavy atom. The number of aryl methyl sites for hydroxylation is 2. The lowest BCUT2D eigenvalue weighted by atomic mass is 10.0. The van der Waals surface area contributed by atoms with E-state index >= 15 is 0 Å². The Bertz CT molecular complexity index is 250. The number of unbranched alkanes of at least 4 members (excludes halogenated alkanes) is 2. The van der Waals surface area contributed by atoms with Gasteiger partial charge in [-0.1, -0.05) is 57.4 Å². The summed E-state index contributed by atoms with van der Waals surface area (Å²) in [4.78, 5) is 0. The van der Waals surface area contributed by atoms with Crippen LogP contribution < -0.4 is 0 Å². The summed E-state index contributed by atoms with van der Waals surface area (Å²) in [6.45, 7) is 4.50. The predicted molar refractivity (Wildman–Crippen MR) is 63.7 cm³/mol. The van der Waals surface area contributed by atoms with Gasteiger partial charge in [0.2, 0.25) is 0 Å². The van der Waals surface area contributed by atoms with Gasteiger partial charge in [-0.25, -0.2) is 0 Å². The lowest BCUT2D eigenvalue weighted by Gasteiger charge is -2.03. The Labute approximate surface area is 88.4 Å². The highest BCUT2D eigenvalue weighted by Crippen LogP contribution is 2.10. The van der Waals surface area contributed by atoms with Crippen LogP contribution in [0.4, 0.5) is 0 Å². The molecule has 0 nitrogen and oxygen atoms in total. The van der Waals surface area contributed by atoms with Crippen molar-refractivity contribution in [3.8, 4) is 0 Å². The Morgan fingerprint density at radius 1 is 0.857 bits per heavy atom. The summed E-state index contributed by atoms with van der Waals surface area (Å²) in [7, 11) is 0. The van der Waals surface area contributed by atoms with Gasteiger partial charge in [-0.15, -0.1) is 0 Å². The van der Waals surface area contributed by atoms with Crippen LogP contribution in [0.25, 0.3) is 0 Å². The van der Waals surface area contributed by atoms with Gasteiger partial charge in [0.1, 0.15) is 0 Å². The van der Waals surface area contributed by atoms with Gasteiger partial charge in [0.25, 0.3) is 0 Å². The third kappa shape index (κ3) is 3.95. The van der Waals surface area contributed by atoms with Crippen LogP contribution in [0.1, 0.15) is 50.7 Å². The van der Waals surface area contributed by atoms with Crippen molar-refractivity contribution in [2.24, 2.45) is 0 Å². The van der Waals surface area contributed by atoms with E-state index in [0.29, 0.717) is 0 Å². The quantitative estimate of drug-likeness (QED) is 0.584. The maximum atomic E-state index is 2.37. The van der Waals surface area contributed by atoms with E-state index in [1.807, 2.05) is 0 Å². The molecular formula is C14H22. The average molecular weight is 190 g/mol. The Hall–Kier alpha value is -0.780. The molecule has 0 amide bonds. The van der Waals surface area contributed by atoms with E-state index in [-0.39, 0.29) is 0 Å². The Morgan fingerprint density at radius 3 is 2.21 bits per heavy atom. The van der Waals surface area contributed by atoms with Gasteiger partial charge in [-0.3, -0.25) is 0 Å². The average Bonchev–Trinajstić information content (AvgIpc) is 2.19. The van der Waals surface area contributed by atoms with Crippen molar-refractivity contribution in [1.82, 2.24) is 0 Å². The second kappa shape index (κ2) is 6.64. The minimum atomic E-state index is 1.22. The summed E-state index contributed by atoms with van der Waals surface area (Å²) in [6.07, 6.45) is 7.74. The summed E-state index contributed by atoms with van der Waals surface area (Å²) in [5, 5.41) is 0. The van der Waals surface area contributed by atoms with Gasteiger partial charge in [0, 0.05) is 0 Å². The molecule has 0 radical (unpaired) electrons. The van der Waals surface area contributed by atoms with E-state index < -0.39 is 0 Å². The van der Waals surface area contributed by atoms with Crippen molar-refractivity contribution >= 4 is 0 Å². The zero-order valence-electron chi connectivity index (χ0n) is 9.55. The van der Waals surface area contributed by atoms with Crippen LogP contribution in [-0.4, -0.2) is 0 Å². The highest BCUT2D eigenvalue weighted by Gasteiger charge is 1.95. The topological polar surface area (TPSA) is 0 Å². The van der Waals surface area contributed by atoms with E-state index in [9.17, 15) is 0 Å². The van der Waals surface area contributed by atoms with Crippen LogP contribution in [0.5, 0.6) is 0 Å². The smallest absolute Gasteiger partial charge is 0.0279 e. The first-order chi connectivity index (χ1) is 6.86. The summed E-state index contributed by atoms with van der Waals surface area (Å²) in [6, 6.07) is 9.08. The molecule has 1 aromatic rings. The van der Waals surface area contributed by atoms with Crippen LogP contribution in [0.15, 0.2) is 24.3 Å². The fraction of sp³-hybridized carbons (Fsp3) is 0.571. The third-order valence-corrected chi connectivity index (χ3v) is 2.60. The summed E-state index contributed by atoms with van der Waals surface area (Å²) in [5.74, 6) is 0. The highest BCUT2D eigenvalue weighted by atomic mass is 14.0. The molecule has 0 aliphatic carbocycles. The Balaban J connectivity index is 2.46. The molecule has 0 spiro atoms. The molecule has 1 aromatic carbocycles. The molecule has 0 aromatic heterocycles. The normalized spacial score (nSPS) is 10.4. The van der Waals surface area contributed by atoms with Gasteiger partial charge >= 0.3 is 0 Å². The molecule has 78 valence electrons. The fourth-order valence-corrected chi connectivity index (χ4v) is 1.81. The van der Waals surface area contributed by atoms with Crippen LogP contribution in [0.2, 0.25) is 0 Å². The molecule has 0 unspecified atom stereocenters. The lowest BCUT2D eigenvalue weighted by molar-refractivity contribution is 0.716. The summed E-state index contributed by atoms with van der Waals surface area (Å²) >= 11 is 0. The molecule has 0 fully saturated rings. The molecule has 0 aliphatic heterocycles. The van der Waals surface area contributed by atoms with Crippen molar-refractivity contribution in [2.75, 3.05) is 0 Å². The maximum Gasteiger partial charge on any atom is -0.0279 e. The van der Waals surface area contributed by atoms with Crippen LogP contribution in [0, 0.1) is 0 Å². The minimum Gasteiger partial charge on any atom is -0.0654 e. The standard InChI is InChI=1S/C14H22/c1-3-5-6-9-14-11-7-10-13(12-14)8-4-2/h7,10-12H,3-6,8-9H2,1-2H3. The first kappa shape index (κ1) is 11.3. The van der Waals surface area contributed by atoms with E-state index in [1.54, 1.807) is 0 Å². The van der Waals surface area contributed by atoms with Gasteiger partial charge in [-0.05, 0) is 30.4 Å². The second-order valence-electron chi connectivity index (χ2n) is 4.03. The number of hydrogen-bond acceptors (Lipinski definition) is 0. The van der Waals surface area contributed by atoms with Gasteiger partial charge in [0.15, 0.2) is 0 Å². The van der Waals surface area contributed by atoms with Crippen molar-refractivity contribution in [2.45, 2.75) is 52.4 Å². The van der Waals surface area contributed by atoms with E-state index in [1.165, 1.54) is 49.7 Å². The summed E-state index contributed by atoms with van der Waals surface area (Å²) in [5.41, 5.74) is 3.02. The molecule has 0 saturated carbocycles. The second-order valence-corrected chi connectivity index (χ2v) is 4.03. The number of rotatable bonds is 6. The first-order valence-corrected chi connectivity index (χ1v) is 5.94. The van der Waals surface area contributed by atoms with Gasteiger partial charge < -0.3 is 0 Å². The number of hydrogen-bond donors (Lipinski definition) is 0. The van der Waals surface area contributed by atoms with Crippen molar-refractivity contribution in [1.29, 1.82) is 0 Å². The molecule has 0 heterocycles. The highest BCUT2D eigenvalue weighted by molar-refractivity contribution is 5.23. The van der Waals surface area contributed by atoms with Crippen molar-refractivity contribution in [3.63, 3.8) is 0 Å². The third-order valence-electron chi connectivity index (χ3n) is 2.60. The van der Waals surface area contributed by atoms with Crippen molar-refractivity contribution < 1.29 is 0 Å². The van der Waals surface area contributed by atoms with E-state index in [4.69, 9.17) is 0 Å². The maximum absolute atomic E-state index is 2.37. The molecular weight excluding hydrogens is 168 g/mol. The molecule has 1 rings (SSSR count). The van der Waals surface area contributed by atoms with Crippen molar-refractivity contribution in [3.05, 3.63) is 35.4 Å². The molecule has 0 aliphatic rings. The van der Waals surface area contributed by atoms with Crippen LogP contribution >= 0.6 is 0 Å². The molecule has 14 heavy (non-hydrogen) atoms. The molecule has 0 N–H and O–H groups in total. The minimum absolute atomic E-state index is 1.22. The van der Waals surface area contributed by atoms with Gasteiger partial charge in [-0.2, -0.15) is 0 Å². The zero-order valence-corrected chi connectivity index (χ0v) is 9.55. The Kier molecular flexibility index (Phi) is 5.36. The first-order valence-electron chi connectivity index (χ1n) is 5.94. The zero-order chi connectivity index (χ0) is 10.2. The van der Waals surface area contributed by atoms with Gasteiger partial charge in [0.05, 0.1) is 0 Å². The van der Waals surface area contributed by atoms with Crippen LogP contribution in [-0.2, 0) is 12.8 Å². The molecule has 0 heteroatoms. The van der Waals surface area contributed by atoms with Crippen LogP contribution in [0.3, 0.4) is 0 Å². The molecule has 0 saturated heterocycles. The lowest BCUT2D eigenvalue weighted by Crippen LogP contribution is -1.89. The van der Waals surface area contributed by atoms with E-state index in [0.717, 1.165) is 0 Å².